The molecule has 1 aromatic rings. The highest BCUT2D eigenvalue weighted by Gasteiger charge is 1.96. The van der Waals surface area contributed by atoms with Crippen LogP contribution in [0.5, 0.6) is 0 Å². The summed E-state index contributed by atoms with van der Waals surface area (Å²) in [6.45, 7) is 1.90. The summed E-state index contributed by atoms with van der Waals surface area (Å²) in [5.74, 6) is 5.49. The minimum Gasteiger partial charge on any atom is -0.384 e. The zero-order valence-electron chi connectivity index (χ0n) is 6.76. The van der Waals surface area contributed by atoms with Crippen LogP contribution >= 0.6 is 15.9 Å². The average molecular weight is 225 g/mol. The Morgan fingerprint density at radius 3 is 2.92 bits per heavy atom. The van der Waals surface area contributed by atoms with Crippen molar-refractivity contribution in [2.45, 2.75) is 6.92 Å². The van der Waals surface area contributed by atoms with Crippen LogP contribution in [0.25, 0.3) is 0 Å². The van der Waals surface area contributed by atoms with Crippen LogP contribution in [0.1, 0.15) is 11.1 Å². The van der Waals surface area contributed by atoms with Gasteiger partial charge in [-0.05, 0) is 24.6 Å². The first kappa shape index (κ1) is 9.31. The van der Waals surface area contributed by atoms with Gasteiger partial charge in [-0.25, -0.2) is 0 Å². The first-order valence-electron chi connectivity index (χ1n) is 3.60. The summed E-state index contributed by atoms with van der Waals surface area (Å²) in [7, 11) is 0. The average Bonchev–Trinajstić information content (AvgIpc) is 2.08. The molecule has 12 heavy (non-hydrogen) atoms. The van der Waals surface area contributed by atoms with Crippen molar-refractivity contribution in [3.05, 3.63) is 33.8 Å². The molecule has 0 radical (unpaired) electrons. The van der Waals surface area contributed by atoms with Crippen LogP contribution in [0.4, 0.5) is 0 Å². The summed E-state index contributed by atoms with van der Waals surface area (Å²) in [4.78, 5) is 0. The summed E-state index contributed by atoms with van der Waals surface area (Å²) in [6.07, 6.45) is 0. The molecule has 62 valence electrons. The highest BCUT2D eigenvalue weighted by Crippen LogP contribution is 2.18. The smallest absolute Gasteiger partial charge is 0.104 e. The van der Waals surface area contributed by atoms with Crippen molar-refractivity contribution in [3.8, 4) is 11.8 Å². The van der Waals surface area contributed by atoms with E-state index in [2.05, 4.69) is 27.8 Å². The van der Waals surface area contributed by atoms with Crippen molar-refractivity contribution in [2.24, 2.45) is 0 Å². The van der Waals surface area contributed by atoms with Gasteiger partial charge in [0.1, 0.15) is 6.61 Å². The quantitative estimate of drug-likeness (QED) is 0.670. The molecule has 0 saturated carbocycles. The minimum absolute atomic E-state index is 0.0913. The topological polar surface area (TPSA) is 20.2 Å². The molecule has 0 spiro atoms. The normalized spacial score (nSPS) is 8.92. The number of aliphatic hydroxyl groups is 1. The zero-order valence-corrected chi connectivity index (χ0v) is 8.35. The predicted octanol–water partition coefficient (Wildman–Crippen LogP) is 2.10. The summed E-state index contributed by atoms with van der Waals surface area (Å²) in [5.41, 5.74) is 2.07. The summed E-state index contributed by atoms with van der Waals surface area (Å²) in [6, 6.07) is 5.83. The Morgan fingerprint density at radius 2 is 2.25 bits per heavy atom. The fraction of sp³-hybridized carbons (Fsp3) is 0.200. The Hall–Kier alpha value is -0.780. The molecule has 0 bridgehead atoms. The SMILES string of the molecule is Cc1c(Br)cccc1C#CCO. The summed E-state index contributed by atoms with van der Waals surface area (Å²) < 4.78 is 1.05. The van der Waals surface area contributed by atoms with Crippen LogP contribution in [0, 0.1) is 18.8 Å². The largest absolute Gasteiger partial charge is 0.384 e. The van der Waals surface area contributed by atoms with Crippen LogP contribution in [-0.4, -0.2) is 11.7 Å². The van der Waals surface area contributed by atoms with Crippen molar-refractivity contribution in [1.29, 1.82) is 0 Å². The molecule has 0 heterocycles. The molecule has 0 aliphatic rings. The molecule has 0 aliphatic heterocycles. The molecule has 0 unspecified atom stereocenters. The summed E-state index contributed by atoms with van der Waals surface area (Å²) >= 11 is 3.41. The number of halogens is 1. The van der Waals surface area contributed by atoms with Gasteiger partial charge in [0, 0.05) is 10.0 Å². The maximum Gasteiger partial charge on any atom is 0.104 e. The van der Waals surface area contributed by atoms with Gasteiger partial charge in [-0.3, -0.25) is 0 Å². The second kappa shape index (κ2) is 4.30. The van der Waals surface area contributed by atoms with E-state index in [1.54, 1.807) is 0 Å². The van der Waals surface area contributed by atoms with Gasteiger partial charge in [-0.1, -0.05) is 33.8 Å². The maximum atomic E-state index is 8.50. The van der Waals surface area contributed by atoms with Crippen molar-refractivity contribution in [1.82, 2.24) is 0 Å². The van der Waals surface area contributed by atoms with Crippen molar-refractivity contribution < 1.29 is 5.11 Å². The zero-order chi connectivity index (χ0) is 8.97. The molecular formula is C10H9BrO. The number of hydrogen-bond donors (Lipinski definition) is 1. The predicted molar refractivity (Wildman–Crippen MR) is 52.8 cm³/mol. The van der Waals surface area contributed by atoms with E-state index in [4.69, 9.17) is 5.11 Å². The molecule has 0 fully saturated rings. The highest BCUT2D eigenvalue weighted by atomic mass is 79.9. The van der Waals surface area contributed by atoms with E-state index in [0.717, 1.165) is 15.6 Å². The number of hydrogen-bond acceptors (Lipinski definition) is 1. The van der Waals surface area contributed by atoms with Crippen LogP contribution in [0.15, 0.2) is 22.7 Å². The van der Waals surface area contributed by atoms with Crippen molar-refractivity contribution >= 4 is 15.9 Å². The van der Waals surface area contributed by atoms with Crippen LogP contribution in [0.2, 0.25) is 0 Å². The Kier molecular flexibility index (Phi) is 3.33. The van der Waals surface area contributed by atoms with Crippen molar-refractivity contribution in [3.63, 3.8) is 0 Å². The van der Waals surface area contributed by atoms with Gasteiger partial charge in [-0.15, -0.1) is 0 Å². The third-order valence-corrected chi connectivity index (χ3v) is 2.43. The van der Waals surface area contributed by atoms with Gasteiger partial charge in [0.2, 0.25) is 0 Å². The molecule has 1 rings (SSSR count). The molecule has 1 nitrogen and oxygen atoms in total. The van der Waals surface area contributed by atoms with E-state index >= 15 is 0 Å². The maximum absolute atomic E-state index is 8.50. The van der Waals surface area contributed by atoms with Crippen molar-refractivity contribution in [2.75, 3.05) is 6.61 Å². The van der Waals surface area contributed by atoms with Crippen LogP contribution in [0.3, 0.4) is 0 Å². The van der Waals surface area contributed by atoms with E-state index in [0.29, 0.717) is 0 Å². The van der Waals surface area contributed by atoms with Crippen LogP contribution in [-0.2, 0) is 0 Å². The fourth-order valence-corrected chi connectivity index (χ4v) is 1.24. The van der Waals surface area contributed by atoms with Gasteiger partial charge in [0.05, 0.1) is 0 Å². The lowest BCUT2D eigenvalue weighted by Crippen LogP contribution is -1.83. The molecule has 0 saturated heterocycles. The lowest BCUT2D eigenvalue weighted by molar-refractivity contribution is 0.350. The first-order valence-corrected chi connectivity index (χ1v) is 4.40. The second-order valence-electron chi connectivity index (χ2n) is 2.37. The number of rotatable bonds is 0. The van der Waals surface area contributed by atoms with E-state index in [1.807, 2.05) is 25.1 Å². The lowest BCUT2D eigenvalue weighted by Gasteiger charge is -1.99. The Balaban J connectivity index is 3.08. The molecule has 0 amide bonds. The Bertz CT molecular complexity index is 333. The van der Waals surface area contributed by atoms with Gasteiger partial charge in [-0.2, -0.15) is 0 Å². The molecule has 2 heteroatoms. The van der Waals surface area contributed by atoms with E-state index < -0.39 is 0 Å². The second-order valence-corrected chi connectivity index (χ2v) is 3.23. The third-order valence-electron chi connectivity index (χ3n) is 1.57. The van der Waals surface area contributed by atoms with Gasteiger partial charge < -0.3 is 5.11 Å². The first-order chi connectivity index (χ1) is 5.75. The molecule has 0 aliphatic carbocycles. The van der Waals surface area contributed by atoms with Gasteiger partial charge in [0.25, 0.3) is 0 Å². The standard InChI is InChI=1S/C10H9BrO/c1-8-9(5-3-7-12)4-2-6-10(8)11/h2,4,6,12H,7H2,1H3. The van der Waals surface area contributed by atoms with E-state index in [-0.39, 0.29) is 6.61 Å². The monoisotopic (exact) mass is 224 g/mol. The number of benzene rings is 1. The van der Waals surface area contributed by atoms with Gasteiger partial charge >= 0.3 is 0 Å². The minimum atomic E-state index is -0.0913. The van der Waals surface area contributed by atoms with E-state index in [9.17, 15) is 0 Å². The lowest BCUT2D eigenvalue weighted by atomic mass is 10.1. The Labute approximate surface area is 80.6 Å². The molecule has 0 atom stereocenters. The Morgan fingerprint density at radius 1 is 1.50 bits per heavy atom. The fourth-order valence-electron chi connectivity index (χ4n) is 0.878. The third kappa shape index (κ3) is 2.10. The van der Waals surface area contributed by atoms with Gasteiger partial charge in [0.15, 0.2) is 0 Å². The molecule has 0 aromatic heterocycles. The molecular weight excluding hydrogens is 216 g/mol. The number of aliphatic hydroxyl groups excluding tert-OH is 1. The highest BCUT2D eigenvalue weighted by molar-refractivity contribution is 9.10. The molecule has 1 aromatic carbocycles. The summed E-state index contributed by atoms with van der Waals surface area (Å²) in [5, 5.41) is 8.50. The van der Waals surface area contributed by atoms with Crippen LogP contribution < -0.4 is 0 Å². The van der Waals surface area contributed by atoms with E-state index in [1.165, 1.54) is 0 Å². The molecule has 1 N–H and O–H groups in total.